The molecule has 9 nitrogen and oxygen atoms in total. The van der Waals surface area contributed by atoms with E-state index < -0.39 is 30.2 Å². The number of nitrogens with zero attached hydrogens (tertiary/aromatic N) is 3. The van der Waals surface area contributed by atoms with Crippen molar-refractivity contribution in [3.8, 4) is 6.07 Å². The Morgan fingerprint density at radius 2 is 2.05 bits per heavy atom. The Balaban J connectivity index is 1.33. The minimum Gasteiger partial charge on any atom is -0.480 e. The van der Waals surface area contributed by atoms with E-state index in [1.807, 2.05) is 4.90 Å². The fourth-order valence-electron chi connectivity index (χ4n) is 5.53. The van der Waals surface area contributed by atoms with Crippen LogP contribution in [0.4, 0.5) is 10.2 Å². The Bertz CT molecular complexity index is 1240. The van der Waals surface area contributed by atoms with Gasteiger partial charge in [0.1, 0.15) is 18.5 Å². The fraction of sp³-hybridized carbons (Fsp3) is 0.548. The molecule has 2 heterocycles. The van der Waals surface area contributed by atoms with Crippen LogP contribution in [0.15, 0.2) is 36.4 Å². The molecule has 10 heteroatoms. The minimum absolute atomic E-state index is 0.165. The minimum atomic E-state index is -1.12. The number of fused-ring (bicyclic) bond motifs is 1. The second-order valence-electron chi connectivity index (χ2n) is 11.0. The number of carboxylic acids is 1. The Hall–Kier alpha value is -3.55. The highest BCUT2D eigenvalue weighted by Crippen LogP contribution is 2.49. The number of aryl methyl sites for hydroxylation is 2. The van der Waals surface area contributed by atoms with Crippen molar-refractivity contribution >= 4 is 17.7 Å². The number of aliphatic carboxylic acids is 1. The van der Waals surface area contributed by atoms with Crippen molar-refractivity contribution < 1.29 is 23.8 Å². The predicted molar refractivity (Wildman–Crippen MR) is 153 cm³/mol. The molecule has 0 saturated heterocycles. The molecule has 1 amide bonds. The summed E-state index contributed by atoms with van der Waals surface area (Å²) in [4.78, 5) is 32.2. The van der Waals surface area contributed by atoms with Crippen LogP contribution in [0.5, 0.6) is 0 Å². The first-order valence-corrected chi connectivity index (χ1v) is 14.5. The molecule has 4 rings (SSSR count). The summed E-state index contributed by atoms with van der Waals surface area (Å²) in [5, 5.41) is 25.5. The van der Waals surface area contributed by atoms with E-state index in [2.05, 4.69) is 28.8 Å². The van der Waals surface area contributed by atoms with Crippen molar-refractivity contribution in [3.63, 3.8) is 0 Å². The lowest BCUT2D eigenvalue weighted by molar-refractivity contribution is -0.142. The number of ether oxygens (including phenoxy) is 1. The first-order valence-electron chi connectivity index (χ1n) is 14.5. The monoisotopic (exact) mass is 565 g/mol. The fourth-order valence-corrected chi connectivity index (χ4v) is 5.53. The molecule has 2 unspecified atom stereocenters. The van der Waals surface area contributed by atoms with E-state index in [-0.39, 0.29) is 12.3 Å². The van der Waals surface area contributed by atoms with Gasteiger partial charge >= 0.3 is 5.97 Å². The average Bonchev–Trinajstić information content (AvgIpc) is 3.81. The molecule has 1 saturated carbocycles. The molecule has 0 spiro atoms. The Labute approximate surface area is 241 Å². The van der Waals surface area contributed by atoms with Gasteiger partial charge in [0.2, 0.25) is 5.91 Å². The van der Waals surface area contributed by atoms with Gasteiger partial charge in [-0.25, -0.2) is 14.2 Å². The number of amides is 1. The van der Waals surface area contributed by atoms with Gasteiger partial charge in [0.15, 0.2) is 0 Å². The zero-order chi connectivity index (χ0) is 29.2. The zero-order valence-electron chi connectivity index (χ0n) is 23.7. The number of benzene rings is 1. The number of aromatic nitrogens is 1. The van der Waals surface area contributed by atoms with Crippen molar-refractivity contribution in [3.05, 3.63) is 58.8 Å². The molecule has 0 bridgehead atoms. The maximum atomic E-state index is 13.5. The van der Waals surface area contributed by atoms with Gasteiger partial charge in [-0.15, -0.1) is 0 Å². The number of nitriles is 1. The van der Waals surface area contributed by atoms with Crippen molar-refractivity contribution in [1.29, 1.82) is 5.26 Å². The number of anilines is 1. The number of unbranched alkanes of at least 4 members (excludes halogenated alkanes) is 1. The van der Waals surface area contributed by atoms with Crippen LogP contribution in [0.2, 0.25) is 0 Å². The van der Waals surface area contributed by atoms with E-state index in [0.29, 0.717) is 43.6 Å². The lowest BCUT2D eigenvalue weighted by Gasteiger charge is -2.27. The molecule has 2 aromatic rings. The van der Waals surface area contributed by atoms with Crippen LogP contribution in [0.25, 0.3) is 0 Å². The van der Waals surface area contributed by atoms with Crippen LogP contribution in [0.1, 0.15) is 60.9 Å². The van der Waals surface area contributed by atoms with E-state index in [1.54, 1.807) is 24.3 Å². The third-order valence-electron chi connectivity index (χ3n) is 8.16. The van der Waals surface area contributed by atoms with E-state index in [0.717, 1.165) is 50.2 Å². The van der Waals surface area contributed by atoms with Crippen molar-refractivity contribution in [1.82, 2.24) is 15.2 Å². The second kappa shape index (κ2) is 14.4. The van der Waals surface area contributed by atoms with Crippen molar-refractivity contribution in [2.24, 2.45) is 0 Å². The first kappa shape index (κ1) is 30.4. The lowest BCUT2D eigenvalue weighted by Crippen LogP contribution is -2.47. The third kappa shape index (κ3) is 7.80. The number of carboxylic acid groups (broad SMARTS) is 1. The number of halogens is 1. The highest BCUT2D eigenvalue weighted by molar-refractivity contribution is 5.94. The molecule has 1 fully saturated rings. The van der Waals surface area contributed by atoms with Gasteiger partial charge in [0.05, 0.1) is 23.2 Å². The zero-order valence-corrected chi connectivity index (χ0v) is 23.7. The molecular weight excluding hydrogens is 525 g/mol. The molecule has 1 aromatic heterocycles. The van der Waals surface area contributed by atoms with Gasteiger partial charge in [0, 0.05) is 32.4 Å². The molecule has 41 heavy (non-hydrogen) atoms. The molecule has 220 valence electrons. The van der Waals surface area contributed by atoms with Crippen molar-refractivity contribution in [2.45, 2.75) is 68.9 Å². The SMILES string of the molecule is COC(CF)CN(CCCCc1ccc2c(n1)NCCC2)CCC(NC(=O)C1(c2ccccc2C#N)CC1)C(=O)O. The van der Waals surface area contributed by atoms with Crippen LogP contribution >= 0.6 is 0 Å². The van der Waals surface area contributed by atoms with E-state index in [4.69, 9.17) is 9.72 Å². The number of rotatable bonds is 16. The maximum absolute atomic E-state index is 13.5. The largest absolute Gasteiger partial charge is 0.480 e. The Kier molecular flexibility index (Phi) is 10.7. The molecule has 1 aliphatic heterocycles. The van der Waals surface area contributed by atoms with Gasteiger partial charge in [-0.1, -0.05) is 24.3 Å². The van der Waals surface area contributed by atoms with Crippen LogP contribution in [0.3, 0.4) is 0 Å². The summed E-state index contributed by atoms with van der Waals surface area (Å²) in [7, 11) is 1.46. The molecule has 1 aromatic carbocycles. The first-order chi connectivity index (χ1) is 19.9. The van der Waals surface area contributed by atoms with E-state index in [9.17, 15) is 24.3 Å². The summed E-state index contributed by atoms with van der Waals surface area (Å²) in [5.41, 5.74) is 2.49. The number of carbonyl (C=O) groups excluding carboxylic acids is 1. The van der Waals surface area contributed by atoms with E-state index >= 15 is 0 Å². The predicted octanol–water partition coefficient (Wildman–Crippen LogP) is 3.61. The third-order valence-corrected chi connectivity index (χ3v) is 8.16. The number of alkyl halides is 1. The summed E-state index contributed by atoms with van der Waals surface area (Å²) < 4.78 is 18.7. The molecule has 2 aliphatic rings. The van der Waals surface area contributed by atoms with Crippen molar-refractivity contribution in [2.75, 3.05) is 45.3 Å². The van der Waals surface area contributed by atoms with Crippen LogP contribution in [-0.2, 0) is 32.6 Å². The molecule has 2 atom stereocenters. The summed E-state index contributed by atoms with van der Waals surface area (Å²) >= 11 is 0. The van der Waals surface area contributed by atoms with Crippen LogP contribution in [-0.4, -0.2) is 79.0 Å². The van der Waals surface area contributed by atoms with Gasteiger partial charge in [-0.05, 0) is 81.2 Å². The topological polar surface area (TPSA) is 128 Å². The molecular formula is C31H40FN5O4. The van der Waals surface area contributed by atoms with Gasteiger partial charge in [-0.2, -0.15) is 5.26 Å². The lowest BCUT2D eigenvalue weighted by atomic mass is 9.90. The number of nitrogens with one attached hydrogen (secondary N) is 2. The number of hydrogen-bond donors (Lipinski definition) is 3. The Morgan fingerprint density at radius 1 is 1.24 bits per heavy atom. The highest BCUT2D eigenvalue weighted by Gasteiger charge is 2.53. The Morgan fingerprint density at radius 3 is 2.76 bits per heavy atom. The molecule has 3 N–H and O–H groups in total. The standard InChI is InChI=1S/C31H40FN5O4/c1-41-25(19-32)21-37(17-5-4-9-24-12-11-22-8-6-16-34-28(22)35-24)18-13-27(29(38)39)36-30(40)31(14-15-31)26-10-3-2-7-23(26)20-33/h2-3,7,10-12,25,27H,4-6,8-9,13-19,21H2,1H3,(H,34,35)(H,36,40)(H,38,39). The number of methoxy groups -OCH3 is 1. The van der Waals surface area contributed by atoms with Gasteiger partial charge in [0.25, 0.3) is 0 Å². The normalized spacial score (nSPS) is 16.6. The van der Waals surface area contributed by atoms with E-state index in [1.165, 1.54) is 12.7 Å². The number of hydrogen-bond acceptors (Lipinski definition) is 7. The van der Waals surface area contributed by atoms with Gasteiger partial charge in [-0.3, -0.25) is 4.79 Å². The summed E-state index contributed by atoms with van der Waals surface area (Å²) in [5.74, 6) is -0.514. The van der Waals surface area contributed by atoms with Gasteiger partial charge < -0.3 is 25.4 Å². The van der Waals surface area contributed by atoms with Crippen LogP contribution in [0, 0.1) is 11.3 Å². The molecule has 0 radical (unpaired) electrons. The summed E-state index contributed by atoms with van der Waals surface area (Å²) in [6.45, 7) is 1.63. The van der Waals surface area contributed by atoms with Crippen LogP contribution < -0.4 is 10.6 Å². The quantitative estimate of drug-likeness (QED) is 0.264. The summed E-state index contributed by atoms with van der Waals surface area (Å²) in [6.07, 6.45) is 5.38. The smallest absolute Gasteiger partial charge is 0.326 e. The number of carbonyl (C=O) groups is 2. The second-order valence-corrected chi connectivity index (χ2v) is 11.0. The maximum Gasteiger partial charge on any atom is 0.326 e. The summed E-state index contributed by atoms with van der Waals surface area (Å²) in [6, 6.07) is 12.2. The average molecular weight is 566 g/mol. The highest BCUT2D eigenvalue weighted by atomic mass is 19.1. The molecule has 1 aliphatic carbocycles. The number of pyridine rings is 1.